The van der Waals surface area contributed by atoms with E-state index in [1.54, 1.807) is 6.07 Å². The van der Waals surface area contributed by atoms with E-state index >= 15 is 0 Å². The molecule has 0 aliphatic heterocycles. The highest BCUT2D eigenvalue weighted by Gasteiger charge is 2.21. The summed E-state index contributed by atoms with van der Waals surface area (Å²) in [6, 6.07) is 4.63. The van der Waals surface area contributed by atoms with Crippen molar-refractivity contribution in [2.45, 2.75) is 18.6 Å². The van der Waals surface area contributed by atoms with Crippen molar-refractivity contribution in [1.29, 1.82) is 0 Å². The number of halogens is 1. The number of nitrogens with two attached hydrogens (primary N) is 1. The molecule has 15 heavy (non-hydrogen) atoms. The summed E-state index contributed by atoms with van der Waals surface area (Å²) in [4.78, 5) is 14.3. The summed E-state index contributed by atoms with van der Waals surface area (Å²) < 4.78 is 0. The molecule has 2 unspecified atom stereocenters. The number of pyridine rings is 1. The van der Waals surface area contributed by atoms with Crippen LogP contribution in [0.15, 0.2) is 18.2 Å². The van der Waals surface area contributed by atoms with E-state index in [1.165, 1.54) is 12.1 Å². The highest BCUT2D eigenvalue weighted by atomic mass is 35.5. The van der Waals surface area contributed by atoms with Crippen LogP contribution in [-0.4, -0.2) is 27.2 Å². The molecule has 0 bridgehead atoms. The SMILES string of the molecule is NC(=O)CC(O)C(O)c1cccc(Cl)n1. The maximum Gasteiger partial charge on any atom is 0.220 e. The molecule has 6 heteroatoms. The third-order valence-electron chi connectivity index (χ3n) is 1.81. The second-order valence-electron chi connectivity index (χ2n) is 3.07. The predicted molar refractivity (Wildman–Crippen MR) is 54.0 cm³/mol. The van der Waals surface area contributed by atoms with Gasteiger partial charge in [-0.3, -0.25) is 4.79 Å². The van der Waals surface area contributed by atoms with Crippen molar-refractivity contribution in [3.05, 3.63) is 29.0 Å². The van der Waals surface area contributed by atoms with Crippen molar-refractivity contribution in [3.63, 3.8) is 0 Å². The van der Waals surface area contributed by atoms with Crippen LogP contribution in [-0.2, 0) is 4.79 Å². The van der Waals surface area contributed by atoms with Crippen molar-refractivity contribution in [2.75, 3.05) is 0 Å². The number of carbonyl (C=O) groups is 1. The molecule has 5 nitrogen and oxygen atoms in total. The van der Waals surface area contributed by atoms with Gasteiger partial charge >= 0.3 is 0 Å². The zero-order chi connectivity index (χ0) is 11.4. The second kappa shape index (κ2) is 5.06. The van der Waals surface area contributed by atoms with Crippen molar-refractivity contribution < 1.29 is 15.0 Å². The molecule has 0 aromatic carbocycles. The van der Waals surface area contributed by atoms with Gasteiger partial charge in [-0.25, -0.2) is 4.98 Å². The van der Waals surface area contributed by atoms with Crippen LogP contribution in [0.1, 0.15) is 18.2 Å². The fourth-order valence-electron chi connectivity index (χ4n) is 1.10. The minimum atomic E-state index is -1.27. The Morgan fingerprint density at radius 1 is 1.53 bits per heavy atom. The lowest BCUT2D eigenvalue weighted by Crippen LogP contribution is -2.26. The molecule has 0 fully saturated rings. The average Bonchev–Trinajstić information content (AvgIpc) is 2.15. The summed E-state index contributed by atoms with van der Waals surface area (Å²) in [5, 5.41) is 19.2. The Bertz CT molecular complexity index is 359. The Hall–Kier alpha value is -1.17. The predicted octanol–water partition coefficient (Wildman–Crippen LogP) is 0.00470. The van der Waals surface area contributed by atoms with Gasteiger partial charge < -0.3 is 15.9 Å². The molecule has 1 heterocycles. The zero-order valence-corrected chi connectivity index (χ0v) is 8.55. The lowest BCUT2D eigenvalue weighted by atomic mass is 10.1. The fraction of sp³-hybridized carbons (Fsp3) is 0.333. The number of aliphatic hydroxyl groups is 2. The number of aliphatic hydroxyl groups excluding tert-OH is 2. The standard InChI is InChI=1S/C9H11ClN2O3/c10-7-3-1-2-5(12-7)9(15)6(13)4-8(11)14/h1-3,6,9,13,15H,4H2,(H2,11,14). The number of hydrogen-bond acceptors (Lipinski definition) is 4. The van der Waals surface area contributed by atoms with E-state index in [4.69, 9.17) is 17.3 Å². The molecule has 0 aliphatic rings. The van der Waals surface area contributed by atoms with E-state index in [2.05, 4.69) is 4.98 Å². The Morgan fingerprint density at radius 3 is 2.73 bits per heavy atom. The van der Waals surface area contributed by atoms with E-state index in [0.29, 0.717) is 0 Å². The van der Waals surface area contributed by atoms with Gasteiger partial charge in [-0.05, 0) is 12.1 Å². The van der Waals surface area contributed by atoms with Crippen molar-refractivity contribution >= 4 is 17.5 Å². The average molecular weight is 231 g/mol. The van der Waals surface area contributed by atoms with Crippen LogP contribution in [0.2, 0.25) is 5.15 Å². The molecule has 2 atom stereocenters. The van der Waals surface area contributed by atoms with E-state index in [-0.39, 0.29) is 17.3 Å². The van der Waals surface area contributed by atoms with E-state index in [9.17, 15) is 15.0 Å². The normalized spacial score (nSPS) is 14.6. The molecule has 0 saturated carbocycles. The first-order valence-electron chi connectivity index (χ1n) is 4.27. The molecule has 1 amide bonds. The highest BCUT2D eigenvalue weighted by molar-refractivity contribution is 6.29. The smallest absolute Gasteiger partial charge is 0.220 e. The first-order chi connectivity index (χ1) is 7.00. The van der Waals surface area contributed by atoms with Gasteiger partial charge in [-0.1, -0.05) is 17.7 Å². The lowest BCUT2D eigenvalue weighted by Gasteiger charge is -2.15. The van der Waals surface area contributed by atoms with Gasteiger partial charge in [-0.2, -0.15) is 0 Å². The Morgan fingerprint density at radius 2 is 2.20 bits per heavy atom. The Balaban J connectivity index is 2.75. The van der Waals surface area contributed by atoms with Gasteiger partial charge in [0.05, 0.1) is 18.2 Å². The van der Waals surface area contributed by atoms with Crippen LogP contribution in [0, 0.1) is 0 Å². The molecule has 1 rings (SSSR count). The van der Waals surface area contributed by atoms with Gasteiger partial charge in [0.15, 0.2) is 0 Å². The third kappa shape index (κ3) is 3.47. The monoisotopic (exact) mass is 230 g/mol. The van der Waals surface area contributed by atoms with Crippen molar-refractivity contribution in [3.8, 4) is 0 Å². The molecule has 0 spiro atoms. The highest BCUT2D eigenvalue weighted by Crippen LogP contribution is 2.18. The summed E-state index contributed by atoms with van der Waals surface area (Å²) in [5.41, 5.74) is 5.09. The molecular weight excluding hydrogens is 220 g/mol. The largest absolute Gasteiger partial charge is 0.389 e. The molecule has 0 aliphatic carbocycles. The summed E-state index contributed by atoms with van der Waals surface area (Å²) in [6.07, 6.45) is -2.86. The molecule has 1 aromatic heterocycles. The summed E-state index contributed by atoms with van der Waals surface area (Å²) in [7, 11) is 0. The number of rotatable bonds is 4. The van der Waals surface area contributed by atoms with Gasteiger partial charge in [0.2, 0.25) is 5.91 Å². The number of aromatic nitrogens is 1. The van der Waals surface area contributed by atoms with Crippen molar-refractivity contribution in [1.82, 2.24) is 4.98 Å². The maximum atomic E-state index is 10.5. The van der Waals surface area contributed by atoms with Gasteiger partial charge in [0, 0.05) is 0 Å². The van der Waals surface area contributed by atoms with Crippen LogP contribution >= 0.6 is 11.6 Å². The minimum Gasteiger partial charge on any atom is -0.389 e. The van der Waals surface area contributed by atoms with E-state index in [1.807, 2.05) is 0 Å². The zero-order valence-electron chi connectivity index (χ0n) is 7.80. The van der Waals surface area contributed by atoms with Crippen LogP contribution in [0.4, 0.5) is 0 Å². The molecule has 4 N–H and O–H groups in total. The molecule has 0 radical (unpaired) electrons. The summed E-state index contributed by atoms with van der Waals surface area (Å²) in [6.45, 7) is 0. The quantitative estimate of drug-likeness (QED) is 0.635. The number of hydrogen-bond donors (Lipinski definition) is 3. The first kappa shape index (κ1) is 11.9. The lowest BCUT2D eigenvalue weighted by molar-refractivity contribution is -0.121. The van der Waals surface area contributed by atoms with Crippen LogP contribution in [0.5, 0.6) is 0 Å². The Kier molecular flexibility index (Phi) is 4.02. The maximum absolute atomic E-state index is 10.5. The van der Waals surface area contributed by atoms with Gasteiger partial charge in [-0.15, -0.1) is 0 Å². The molecule has 82 valence electrons. The topological polar surface area (TPSA) is 96.4 Å². The first-order valence-corrected chi connectivity index (χ1v) is 4.65. The second-order valence-corrected chi connectivity index (χ2v) is 3.46. The minimum absolute atomic E-state index is 0.205. The van der Waals surface area contributed by atoms with Crippen LogP contribution in [0.3, 0.4) is 0 Å². The van der Waals surface area contributed by atoms with Gasteiger partial charge in [0.25, 0.3) is 0 Å². The number of carbonyl (C=O) groups excluding carboxylic acids is 1. The molecular formula is C9H11ClN2O3. The van der Waals surface area contributed by atoms with E-state index < -0.39 is 18.1 Å². The number of nitrogens with zero attached hydrogens (tertiary/aromatic N) is 1. The molecule has 1 aromatic rings. The summed E-state index contributed by atoms with van der Waals surface area (Å²) >= 11 is 5.60. The summed E-state index contributed by atoms with van der Waals surface area (Å²) in [5.74, 6) is -0.691. The van der Waals surface area contributed by atoms with E-state index in [0.717, 1.165) is 0 Å². The molecule has 0 saturated heterocycles. The third-order valence-corrected chi connectivity index (χ3v) is 2.02. The number of amides is 1. The van der Waals surface area contributed by atoms with Crippen LogP contribution < -0.4 is 5.73 Å². The number of primary amides is 1. The van der Waals surface area contributed by atoms with Gasteiger partial charge in [0.1, 0.15) is 11.3 Å². The fourth-order valence-corrected chi connectivity index (χ4v) is 1.27. The Labute approximate surface area is 91.5 Å². The van der Waals surface area contributed by atoms with Crippen LogP contribution in [0.25, 0.3) is 0 Å². The van der Waals surface area contributed by atoms with Crippen molar-refractivity contribution in [2.24, 2.45) is 5.73 Å².